The van der Waals surface area contributed by atoms with Crippen LogP contribution in [-0.4, -0.2) is 45.3 Å². The molecule has 0 saturated heterocycles. The van der Waals surface area contributed by atoms with Crippen molar-refractivity contribution in [3.8, 4) is 17.0 Å². The third-order valence-corrected chi connectivity index (χ3v) is 7.15. The fraction of sp³-hybridized carbons (Fsp3) is 0.226. The van der Waals surface area contributed by atoms with Gasteiger partial charge in [-0.1, -0.05) is 54.1 Å². The molecule has 4 rings (SSSR count). The Labute approximate surface area is 260 Å². The summed E-state index contributed by atoms with van der Waals surface area (Å²) in [6.07, 6.45) is -6.39. The Bertz CT molecular complexity index is 1690. The van der Waals surface area contributed by atoms with Crippen molar-refractivity contribution < 1.29 is 42.1 Å². The number of carbonyl (C=O) groups is 3. The number of nitrogens with zero attached hydrogens (tertiary/aromatic N) is 2. The molecule has 10 nitrogen and oxygen atoms in total. The van der Waals surface area contributed by atoms with E-state index >= 15 is 0 Å². The predicted molar refractivity (Wildman–Crippen MR) is 159 cm³/mol. The zero-order valence-corrected chi connectivity index (χ0v) is 24.9. The molecule has 0 radical (unpaired) electrons. The number of ether oxygens (including phenoxy) is 2. The Morgan fingerprint density at radius 3 is 2.27 bits per heavy atom. The Hall–Kier alpha value is -5.04. The lowest BCUT2D eigenvalue weighted by atomic mass is 10.0. The SMILES string of the molecule is Cc1c(NC(=O)OC(C)c2ccccc2Cl)c(-c2ccc(C(=O)NC(Cc3ccc(OC(F)(F)F)cc3)C(=O)O)cc2)nn1C. The van der Waals surface area contributed by atoms with Gasteiger partial charge in [0.2, 0.25) is 0 Å². The molecule has 45 heavy (non-hydrogen) atoms. The predicted octanol–water partition coefficient (Wildman–Crippen LogP) is 6.68. The van der Waals surface area contributed by atoms with Crippen LogP contribution in [0, 0.1) is 6.92 Å². The summed E-state index contributed by atoms with van der Waals surface area (Å²) in [5.74, 6) is -2.46. The molecular weight excluding hydrogens is 617 g/mol. The zero-order valence-electron chi connectivity index (χ0n) is 24.2. The number of rotatable bonds is 10. The number of aryl methyl sites for hydroxylation is 1. The summed E-state index contributed by atoms with van der Waals surface area (Å²) in [7, 11) is 1.70. The van der Waals surface area contributed by atoms with E-state index in [2.05, 4.69) is 20.5 Å². The lowest BCUT2D eigenvalue weighted by Crippen LogP contribution is -2.42. The van der Waals surface area contributed by atoms with Crippen LogP contribution in [0.1, 0.15) is 40.2 Å². The minimum absolute atomic E-state index is 0.147. The number of aliphatic carboxylic acids is 1. The fourth-order valence-electron chi connectivity index (χ4n) is 4.40. The number of carboxylic acid groups (broad SMARTS) is 1. The number of carboxylic acids is 1. The van der Waals surface area contributed by atoms with Gasteiger partial charge in [0.25, 0.3) is 5.91 Å². The highest BCUT2D eigenvalue weighted by atomic mass is 35.5. The number of alkyl halides is 3. The van der Waals surface area contributed by atoms with Crippen molar-refractivity contribution >= 4 is 35.3 Å². The van der Waals surface area contributed by atoms with E-state index in [1.54, 1.807) is 62.0 Å². The fourth-order valence-corrected chi connectivity index (χ4v) is 4.69. The molecule has 0 saturated carbocycles. The topological polar surface area (TPSA) is 132 Å². The molecule has 0 aliphatic carbocycles. The maximum atomic E-state index is 12.9. The lowest BCUT2D eigenvalue weighted by Gasteiger charge is -2.16. The molecule has 1 heterocycles. The zero-order chi connectivity index (χ0) is 32.9. The summed E-state index contributed by atoms with van der Waals surface area (Å²) in [4.78, 5) is 37.5. The minimum atomic E-state index is -4.86. The number of hydrogen-bond acceptors (Lipinski definition) is 6. The Morgan fingerprint density at radius 1 is 1.02 bits per heavy atom. The monoisotopic (exact) mass is 644 g/mol. The van der Waals surface area contributed by atoms with Crippen molar-refractivity contribution in [2.75, 3.05) is 5.32 Å². The Balaban J connectivity index is 1.44. The summed E-state index contributed by atoms with van der Waals surface area (Å²) >= 11 is 6.22. The van der Waals surface area contributed by atoms with Crippen molar-refractivity contribution in [2.45, 2.75) is 38.8 Å². The van der Waals surface area contributed by atoms with E-state index in [-0.39, 0.29) is 12.0 Å². The van der Waals surface area contributed by atoms with Crippen molar-refractivity contribution in [3.63, 3.8) is 0 Å². The molecule has 4 aromatic rings. The molecule has 0 fully saturated rings. The maximum absolute atomic E-state index is 12.9. The van der Waals surface area contributed by atoms with Crippen LogP contribution in [0.15, 0.2) is 72.8 Å². The van der Waals surface area contributed by atoms with E-state index in [0.717, 1.165) is 12.1 Å². The first-order valence-corrected chi connectivity index (χ1v) is 13.8. The second-order valence-corrected chi connectivity index (χ2v) is 10.4. The van der Waals surface area contributed by atoms with E-state index in [0.29, 0.717) is 38.8 Å². The third-order valence-electron chi connectivity index (χ3n) is 6.81. The smallest absolute Gasteiger partial charge is 0.480 e. The highest BCUT2D eigenvalue weighted by Gasteiger charge is 2.31. The van der Waals surface area contributed by atoms with Crippen LogP contribution in [0.5, 0.6) is 5.75 Å². The number of anilines is 1. The number of aromatic nitrogens is 2. The van der Waals surface area contributed by atoms with Crippen LogP contribution in [-0.2, 0) is 23.0 Å². The summed E-state index contributed by atoms with van der Waals surface area (Å²) in [6, 6.07) is 16.5. The summed E-state index contributed by atoms with van der Waals surface area (Å²) in [5, 5.41) is 19.7. The second kappa shape index (κ2) is 13.7. The van der Waals surface area contributed by atoms with Gasteiger partial charge in [-0.2, -0.15) is 5.10 Å². The summed E-state index contributed by atoms with van der Waals surface area (Å²) < 4.78 is 48.1. The Kier molecular flexibility index (Phi) is 10.0. The molecule has 0 bridgehead atoms. The van der Waals surface area contributed by atoms with E-state index in [4.69, 9.17) is 16.3 Å². The van der Waals surface area contributed by atoms with Crippen molar-refractivity contribution in [2.24, 2.45) is 7.05 Å². The van der Waals surface area contributed by atoms with Crippen LogP contribution < -0.4 is 15.4 Å². The molecule has 3 aromatic carbocycles. The first kappa shape index (κ1) is 32.9. The van der Waals surface area contributed by atoms with Crippen LogP contribution in [0.4, 0.5) is 23.7 Å². The van der Waals surface area contributed by atoms with E-state index < -0.39 is 42.2 Å². The number of carbonyl (C=O) groups excluding carboxylic acids is 2. The van der Waals surface area contributed by atoms with E-state index in [1.165, 1.54) is 24.3 Å². The Morgan fingerprint density at radius 2 is 1.67 bits per heavy atom. The lowest BCUT2D eigenvalue weighted by molar-refractivity contribution is -0.274. The van der Waals surface area contributed by atoms with Crippen LogP contribution in [0.2, 0.25) is 5.02 Å². The highest BCUT2D eigenvalue weighted by molar-refractivity contribution is 6.31. The molecule has 0 spiro atoms. The first-order valence-electron chi connectivity index (χ1n) is 13.5. The van der Waals surface area contributed by atoms with Gasteiger partial charge in [-0.05, 0) is 49.7 Å². The van der Waals surface area contributed by atoms with Gasteiger partial charge in [0.1, 0.15) is 23.6 Å². The normalized spacial score (nSPS) is 12.6. The number of hydrogen-bond donors (Lipinski definition) is 3. The van der Waals surface area contributed by atoms with Crippen molar-refractivity contribution in [1.29, 1.82) is 0 Å². The van der Waals surface area contributed by atoms with Gasteiger partial charge in [0.15, 0.2) is 0 Å². The first-order chi connectivity index (χ1) is 21.2. The molecule has 2 unspecified atom stereocenters. The second-order valence-electron chi connectivity index (χ2n) is 9.96. The van der Waals surface area contributed by atoms with Gasteiger partial charge in [0.05, 0.1) is 11.4 Å². The molecule has 1 aromatic heterocycles. The molecule has 0 aliphatic rings. The van der Waals surface area contributed by atoms with Gasteiger partial charge in [-0.15, -0.1) is 13.2 Å². The maximum Gasteiger partial charge on any atom is 0.573 e. The van der Waals surface area contributed by atoms with Crippen molar-refractivity contribution in [1.82, 2.24) is 15.1 Å². The molecule has 2 atom stereocenters. The van der Waals surface area contributed by atoms with E-state index in [1.807, 2.05) is 0 Å². The number of halogens is 4. The number of nitrogens with one attached hydrogen (secondary N) is 2. The van der Waals surface area contributed by atoms with Gasteiger partial charge in [-0.3, -0.25) is 14.8 Å². The van der Waals surface area contributed by atoms with Gasteiger partial charge in [0, 0.05) is 35.2 Å². The largest absolute Gasteiger partial charge is 0.573 e. The van der Waals surface area contributed by atoms with Crippen molar-refractivity contribution in [3.05, 3.63) is 100 Å². The number of benzene rings is 3. The molecule has 3 N–H and O–H groups in total. The number of amides is 2. The average molecular weight is 645 g/mol. The summed E-state index contributed by atoms with van der Waals surface area (Å²) in [6.45, 7) is 3.45. The van der Waals surface area contributed by atoms with Gasteiger partial charge in [-0.25, -0.2) is 9.59 Å². The minimum Gasteiger partial charge on any atom is -0.480 e. The molecule has 14 heteroatoms. The van der Waals surface area contributed by atoms with Gasteiger partial charge >= 0.3 is 18.4 Å². The van der Waals surface area contributed by atoms with E-state index in [9.17, 15) is 32.7 Å². The highest BCUT2D eigenvalue weighted by Crippen LogP contribution is 2.31. The quantitative estimate of drug-likeness (QED) is 0.175. The molecule has 2 amide bonds. The van der Waals surface area contributed by atoms with Crippen LogP contribution in [0.25, 0.3) is 11.3 Å². The van der Waals surface area contributed by atoms with Gasteiger partial charge < -0.3 is 19.9 Å². The third kappa shape index (κ3) is 8.54. The average Bonchev–Trinajstić information content (AvgIpc) is 3.25. The molecule has 0 aliphatic heterocycles. The summed E-state index contributed by atoms with van der Waals surface area (Å²) in [5.41, 5.74) is 3.16. The molecule has 236 valence electrons. The van der Waals surface area contributed by atoms with Crippen LogP contribution >= 0.6 is 11.6 Å². The standard InChI is InChI=1S/C31H28ClF3N4O6/c1-17-26(37-30(43)44-18(2)23-6-4-5-7-24(23)32)27(38-39(17)3)20-10-12-21(13-11-20)28(40)36-25(29(41)42)16-19-8-14-22(15-9-19)45-31(33,34)35/h4-15,18,25H,16H2,1-3H3,(H,36,40)(H,37,43)(H,41,42). The molecular formula is C31H28ClF3N4O6. The van der Waals surface area contributed by atoms with Crippen LogP contribution in [0.3, 0.4) is 0 Å².